The van der Waals surface area contributed by atoms with E-state index in [9.17, 15) is 4.79 Å². The number of rotatable bonds is 4. The zero-order chi connectivity index (χ0) is 14.1. The Bertz CT molecular complexity index is 652. The molecule has 3 rings (SSSR count). The van der Waals surface area contributed by atoms with Crippen molar-refractivity contribution < 1.29 is 4.42 Å². The van der Waals surface area contributed by atoms with Gasteiger partial charge in [-0.3, -0.25) is 4.57 Å². The monoisotopic (exact) mass is 337 g/mol. The molecule has 1 saturated carbocycles. The summed E-state index contributed by atoms with van der Waals surface area (Å²) in [6.45, 7) is 2.78. The summed E-state index contributed by atoms with van der Waals surface area (Å²) in [7, 11) is 0. The van der Waals surface area contributed by atoms with E-state index in [1.165, 1.54) is 31.2 Å². The lowest BCUT2D eigenvalue weighted by Crippen LogP contribution is -2.13. The van der Waals surface area contributed by atoms with Crippen molar-refractivity contribution in [2.24, 2.45) is 5.92 Å². The highest BCUT2D eigenvalue weighted by atomic mass is 79.9. The topological polar surface area (TPSA) is 35.1 Å². The van der Waals surface area contributed by atoms with Gasteiger partial charge in [-0.2, -0.15) is 0 Å². The van der Waals surface area contributed by atoms with Crippen molar-refractivity contribution in [2.75, 3.05) is 0 Å². The molecule has 4 heteroatoms. The molecule has 1 aliphatic carbocycles. The van der Waals surface area contributed by atoms with Crippen LogP contribution < -0.4 is 5.76 Å². The Morgan fingerprint density at radius 2 is 2.15 bits per heavy atom. The highest BCUT2D eigenvalue weighted by Crippen LogP contribution is 2.41. The van der Waals surface area contributed by atoms with Crippen molar-refractivity contribution in [3.05, 3.63) is 34.3 Å². The van der Waals surface area contributed by atoms with Gasteiger partial charge in [-0.1, -0.05) is 41.8 Å². The lowest BCUT2D eigenvalue weighted by atomic mass is 9.97. The fourth-order valence-corrected chi connectivity index (χ4v) is 4.03. The summed E-state index contributed by atoms with van der Waals surface area (Å²) < 4.78 is 7.11. The molecule has 0 N–H and O–H groups in total. The van der Waals surface area contributed by atoms with Gasteiger partial charge in [0.2, 0.25) is 0 Å². The van der Waals surface area contributed by atoms with E-state index in [1.54, 1.807) is 4.57 Å². The van der Waals surface area contributed by atoms with Crippen LogP contribution in [0.2, 0.25) is 0 Å². The van der Waals surface area contributed by atoms with E-state index >= 15 is 0 Å². The zero-order valence-corrected chi connectivity index (χ0v) is 13.4. The second kappa shape index (κ2) is 5.76. The third-order valence-corrected chi connectivity index (χ3v) is 5.55. The molecular weight excluding hydrogens is 318 g/mol. The number of fused-ring (bicyclic) bond motifs is 1. The van der Waals surface area contributed by atoms with Gasteiger partial charge >= 0.3 is 5.76 Å². The Balaban J connectivity index is 1.96. The standard InChI is InChI=1S/C16H20BrNO2/c1-2-9-18-13-8-7-12(10-14(13)20-16(18)19)15(17)11-5-3-4-6-11/h7-8,10-11,15H,2-6,9H2,1H3. The first-order valence-electron chi connectivity index (χ1n) is 7.48. The molecule has 0 spiro atoms. The fraction of sp³-hybridized carbons (Fsp3) is 0.562. The first-order valence-corrected chi connectivity index (χ1v) is 8.39. The highest BCUT2D eigenvalue weighted by Gasteiger charge is 2.24. The van der Waals surface area contributed by atoms with Gasteiger partial charge in [-0.15, -0.1) is 0 Å². The second-order valence-electron chi connectivity index (χ2n) is 5.69. The molecule has 1 atom stereocenters. The van der Waals surface area contributed by atoms with Crippen LogP contribution >= 0.6 is 15.9 Å². The van der Waals surface area contributed by atoms with Crippen LogP contribution in [0.4, 0.5) is 0 Å². The predicted octanol–water partition coefficient (Wildman–Crippen LogP) is 4.63. The Hall–Kier alpha value is -1.03. The van der Waals surface area contributed by atoms with E-state index in [4.69, 9.17) is 4.42 Å². The molecular formula is C16H20BrNO2. The van der Waals surface area contributed by atoms with E-state index in [0.717, 1.165) is 11.9 Å². The van der Waals surface area contributed by atoms with Gasteiger partial charge < -0.3 is 4.42 Å². The Morgan fingerprint density at radius 1 is 1.40 bits per heavy atom. The number of benzene rings is 1. The molecule has 1 aliphatic rings. The Kier molecular flexibility index (Phi) is 4.01. The third-order valence-electron chi connectivity index (χ3n) is 4.27. The van der Waals surface area contributed by atoms with Crippen LogP contribution in [-0.4, -0.2) is 4.57 Å². The van der Waals surface area contributed by atoms with Gasteiger partial charge in [-0.25, -0.2) is 4.79 Å². The van der Waals surface area contributed by atoms with Gasteiger partial charge in [0.05, 0.1) is 5.52 Å². The van der Waals surface area contributed by atoms with Crippen molar-refractivity contribution in [3.63, 3.8) is 0 Å². The van der Waals surface area contributed by atoms with Crippen LogP contribution in [0.5, 0.6) is 0 Å². The van der Waals surface area contributed by atoms with Crippen LogP contribution in [0.3, 0.4) is 0 Å². The molecule has 0 aliphatic heterocycles. The Labute approximate surface area is 127 Å². The van der Waals surface area contributed by atoms with Crippen LogP contribution in [-0.2, 0) is 6.54 Å². The first-order chi connectivity index (χ1) is 9.70. The molecule has 0 saturated heterocycles. The number of aromatic nitrogens is 1. The maximum Gasteiger partial charge on any atom is 0.419 e. The molecule has 1 aromatic carbocycles. The van der Waals surface area contributed by atoms with Gasteiger partial charge in [0.15, 0.2) is 5.58 Å². The summed E-state index contributed by atoms with van der Waals surface area (Å²) in [6.07, 6.45) is 6.16. The summed E-state index contributed by atoms with van der Waals surface area (Å²) in [4.78, 5) is 12.2. The SMILES string of the molecule is CCCn1c(=O)oc2cc(C(Br)C3CCCC3)ccc21. The number of oxazole rings is 1. The minimum absolute atomic E-state index is 0.244. The zero-order valence-electron chi connectivity index (χ0n) is 11.8. The second-order valence-corrected chi connectivity index (χ2v) is 6.68. The van der Waals surface area contributed by atoms with E-state index in [2.05, 4.69) is 28.9 Å². The maximum absolute atomic E-state index is 11.9. The van der Waals surface area contributed by atoms with E-state index in [0.29, 0.717) is 22.9 Å². The quantitative estimate of drug-likeness (QED) is 0.762. The third kappa shape index (κ3) is 2.46. The molecule has 1 heterocycles. The summed E-state index contributed by atoms with van der Waals surface area (Å²) in [6, 6.07) is 6.18. The average molecular weight is 338 g/mol. The number of hydrogen-bond acceptors (Lipinski definition) is 2. The number of alkyl halides is 1. The van der Waals surface area contributed by atoms with Crippen molar-refractivity contribution in [2.45, 2.75) is 50.4 Å². The molecule has 1 aromatic heterocycles. The van der Waals surface area contributed by atoms with Crippen LogP contribution in [0, 0.1) is 5.92 Å². The molecule has 0 amide bonds. The molecule has 1 fully saturated rings. The fourth-order valence-electron chi connectivity index (χ4n) is 3.21. The molecule has 0 radical (unpaired) electrons. The van der Waals surface area contributed by atoms with Gasteiger partial charge in [-0.05, 0) is 42.9 Å². The van der Waals surface area contributed by atoms with Crippen molar-refractivity contribution in [3.8, 4) is 0 Å². The minimum atomic E-state index is -0.244. The summed E-state index contributed by atoms with van der Waals surface area (Å²) in [5.41, 5.74) is 2.84. The van der Waals surface area contributed by atoms with Crippen LogP contribution in [0.1, 0.15) is 49.4 Å². The van der Waals surface area contributed by atoms with E-state index in [1.807, 2.05) is 12.1 Å². The van der Waals surface area contributed by atoms with E-state index in [-0.39, 0.29) is 5.76 Å². The highest BCUT2D eigenvalue weighted by molar-refractivity contribution is 9.09. The normalized spacial score (nSPS) is 17.9. The number of halogens is 1. The van der Waals surface area contributed by atoms with Crippen LogP contribution in [0.15, 0.2) is 27.4 Å². The predicted molar refractivity (Wildman–Crippen MR) is 84.4 cm³/mol. The molecule has 20 heavy (non-hydrogen) atoms. The molecule has 0 bridgehead atoms. The maximum atomic E-state index is 11.9. The van der Waals surface area contributed by atoms with Gasteiger partial charge in [0, 0.05) is 11.4 Å². The van der Waals surface area contributed by atoms with Crippen molar-refractivity contribution in [1.82, 2.24) is 4.57 Å². The van der Waals surface area contributed by atoms with Crippen LogP contribution in [0.25, 0.3) is 11.1 Å². The number of hydrogen-bond donors (Lipinski definition) is 0. The van der Waals surface area contributed by atoms with Gasteiger partial charge in [0.1, 0.15) is 0 Å². The molecule has 108 valence electrons. The summed E-state index contributed by atoms with van der Waals surface area (Å²) in [5.74, 6) is 0.461. The lowest BCUT2D eigenvalue weighted by molar-refractivity contribution is 0.501. The molecule has 2 aromatic rings. The Morgan fingerprint density at radius 3 is 2.85 bits per heavy atom. The first kappa shape index (κ1) is 13.9. The van der Waals surface area contributed by atoms with Crippen molar-refractivity contribution >= 4 is 27.0 Å². The van der Waals surface area contributed by atoms with E-state index < -0.39 is 0 Å². The summed E-state index contributed by atoms with van der Waals surface area (Å²) in [5, 5.41) is 0. The lowest BCUT2D eigenvalue weighted by Gasteiger charge is -2.17. The number of aryl methyl sites for hydroxylation is 1. The average Bonchev–Trinajstić information content (AvgIpc) is 3.07. The summed E-state index contributed by atoms with van der Waals surface area (Å²) >= 11 is 3.83. The smallest absolute Gasteiger partial charge is 0.408 e. The van der Waals surface area contributed by atoms with Gasteiger partial charge in [0.25, 0.3) is 0 Å². The molecule has 1 unspecified atom stereocenters. The van der Waals surface area contributed by atoms with Crippen molar-refractivity contribution in [1.29, 1.82) is 0 Å². The molecule has 3 nitrogen and oxygen atoms in total. The largest absolute Gasteiger partial charge is 0.419 e. The number of nitrogens with zero attached hydrogens (tertiary/aromatic N) is 1. The minimum Gasteiger partial charge on any atom is -0.408 e.